The lowest BCUT2D eigenvalue weighted by Crippen LogP contribution is -2.35. The Morgan fingerprint density at radius 1 is 1.56 bits per heavy atom. The standard InChI is InChI=1S/C12H16N2O2/c1-8-7-9(15)4-5-10(8)14-12(16)11-3-2-6-13-11/h4-5,7,11,13,15H,2-3,6H2,1H3,(H,14,16)/t11-/m1/s1. The largest absolute Gasteiger partial charge is 0.508 e. The Morgan fingerprint density at radius 3 is 3.00 bits per heavy atom. The number of aromatic hydroxyl groups is 1. The van der Waals surface area contributed by atoms with E-state index in [0.29, 0.717) is 0 Å². The van der Waals surface area contributed by atoms with Crippen molar-refractivity contribution in [1.82, 2.24) is 5.32 Å². The number of aryl methyl sites for hydroxylation is 1. The number of carbonyl (C=O) groups is 1. The Hall–Kier alpha value is -1.55. The van der Waals surface area contributed by atoms with E-state index in [9.17, 15) is 9.90 Å². The minimum absolute atomic E-state index is 0.00582. The molecule has 0 bridgehead atoms. The molecule has 86 valence electrons. The molecule has 1 aromatic carbocycles. The number of rotatable bonds is 2. The van der Waals surface area contributed by atoms with Gasteiger partial charge in [-0.15, -0.1) is 0 Å². The quantitative estimate of drug-likeness (QED) is 0.660. The molecule has 0 unspecified atom stereocenters. The fraction of sp³-hybridized carbons (Fsp3) is 0.417. The molecule has 1 fully saturated rings. The van der Waals surface area contributed by atoms with Crippen LogP contribution >= 0.6 is 0 Å². The molecule has 1 heterocycles. The molecule has 0 saturated carbocycles. The zero-order chi connectivity index (χ0) is 11.5. The molecule has 1 aliphatic rings. The SMILES string of the molecule is Cc1cc(O)ccc1NC(=O)[C@H]1CCCN1. The van der Waals surface area contributed by atoms with Gasteiger partial charge >= 0.3 is 0 Å². The summed E-state index contributed by atoms with van der Waals surface area (Å²) in [6, 6.07) is 4.85. The second kappa shape index (κ2) is 4.53. The summed E-state index contributed by atoms with van der Waals surface area (Å²) in [6.45, 7) is 2.77. The number of phenols is 1. The normalized spacial score (nSPS) is 19.7. The van der Waals surface area contributed by atoms with Gasteiger partial charge in [0.25, 0.3) is 0 Å². The lowest BCUT2D eigenvalue weighted by Gasteiger charge is -2.12. The minimum Gasteiger partial charge on any atom is -0.508 e. The van der Waals surface area contributed by atoms with E-state index in [1.807, 2.05) is 6.92 Å². The summed E-state index contributed by atoms with van der Waals surface area (Å²) in [5, 5.41) is 15.3. The predicted octanol–water partition coefficient (Wildman–Crippen LogP) is 1.39. The summed E-state index contributed by atoms with van der Waals surface area (Å²) < 4.78 is 0. The van der Waals surface area contributed by atoms with Crippen LogP contribution in [0.4, 0.5) is 5.69 Å². The summed E-state index contributed by atoms with van der Waals surface area (Å²) in [6.07, 6.45) is 1.94. The number of nitrogens with one attached hydrogen (secondary N) is 2. The van der Waals surface area contributed by atoms with Gasteiger partial charge in [0.2, 0.25) is 5.91 Å². The molecule has 1 saturated heterocycles. The molecule has 16 heavy (non-hydrogen) atoms. The maximum Gasteiger partial charge on any atom is 0.241 e. The zero-order valence-corrected chi connectivity index (χ0v) is 9.29. The Kier molecular flexibility index (Phi) is 3.10. The molecule has 4 nitrogen and oxygen atoms in total. The molecular formula is C12H16N2O2. The summed E-state index contributed by atoms with van der Waals surface area (Å²) in [5.41, 5.74) is 1.63. The van der Waals surface area contributed by atoms with Crippen molar-refractivity contribution in [2.24, 2.45) is 0 Å². The van der Waals surface area contributed by atoms with Crippen molar-refractivity contribution in [2.75, 3.05) is 11.9 Å². The smallest absolute Gasteiger partial charge is 0.241 e. The third-order valence-electron chi connectivity index (χ3n) is 2.84. The van der Waals surface area contributed by atoms with Crippen molar-refractivity contribution in [1.29, 1.82) is 0 Å². The minimum atomic E-state index is -0.0757. The first-order valence-electron chi connectivity index (χ1n) is 5.50. The van der Waals surface area contributed by atoms with E-state index >= 15 is 0 Å². The first-order chi connectivity index (χ1) is 7.66. The van der Waals surface area contributed by atoms with Crippen molar-refractivity contribution in [3.63, 3.8) is 0 Å². The van der Waals surface area contributed by atoms with Gasteiger partial charge in [0.1, 0.15) is 5.75 Å². The number of carbonyl (C=O) groups excluding carboxylic acids is 1. The Balaban J connectivity index is 2.05. The summed E-state index contributed by atoms with van der Waals surface area (Å²) in [4.78, 5) is 11.8. The maximum atomic E-state index is 11.8. The van der Waals surface area contributed by atoms with E-state index in [-0.39, 0.29) is 17.7 Å². The molecule has 1 aliphatic heterocycles. The van der Waals surface area contributed by atoms with Crippen LogP contribution in [0.1, 0.15) is 18.4 Å². The van der Waals surface area contributed by atoms with Crippen molar-refractivity contribution in [3.8, 4) is 5.75 Å². The lowest BCUT2D eigenvalue weighted by atomic mass is 10.1. The van der Waals surface area contributed by atoms with Crippen LogP contribution < -0.4 is 10.6 Å². The van der Waals surface area contributed by atoms with Crippen molar-refractivity contribution >= 4 is 11.6 Å². The van der Waals surface area contributed by atoms with Gasteiger partial charge in [-0.2, -0.15) is 0 Å². The van der Waals surface area contributed by atoms with Crippen LogP contribution in [0.15, 0.2) is 18.2 Å². The van der Waals surface area contributed by atoms with E-state index in [2.05, 4.69) is 10.6 Å². The van der Waals surface area contributed by atoms with Crippen LogP contribution in [-0.2, 0) is 4.79 Å². The zero-order valence-electron chi connectivity index (χ0n) is 9.29. The highest BCUT2D eigenvalue weighted by atomic mass is 16.3. The molecule has 1 amide bonds. The summed E-state index contributed by atoms with van der Waals surface area (Å²) in [7, 11) is 0. The second-order valence-electron chi connectivity index (χ2n) is 4.14. The van der Waals surface area contributed by atoms with Crippen LogP contribution in [-0.4, -0.2) is 23.6 Å². The molecule has 1 aromatic rings. The van der Waals surface area contributed by atoms with Gasteiger partial charge in [-0.1, -0.05) is 0 Å². The highest BCUT2D eigenvalue weighted by molar-refractivity contribution is 5.95. The van der Waals surface area contributed by atoms with Gasteiger partial charge in [-0.05, 0) is 50.1 Å². The molecule has 2 rings (SSSR count). The average Bonchev–Trinajstić information content (AvgIpc) is 2.75. The third kappa shape index (κ3) is 2.33. The Morgan fingerprint density at radius 2 is 2.38 bits per heavy atom. The maximum absolute atomic E-state index is 11.8. The van der Waals surface area contributed by atoms with E-state index in [4.69, 9.17) is 0 Å². The first-order valence-corrected chi connectivity index (χ1v) is 5.50. The molecule has 0 radical (unpaired) electrons. The van der Waals surface area contributed by atoms with Gasteiger partial charge in [-0.3, -0.25) is 4.79 Å². The van der Waals surface area contributed by atoms with Crippen LogP contribution in [0, 0.1) is 6.92 Å². The molecule has 1 atom stereocenters. The number of hydrogen-bond acceptors (Lipinski definition) is 3. The van der Waals surface area contributed by atoms with Crippen LogP contribution in [0.25, 0.3) is 0 Å². The number of hydrogen-bond donors (Lipinski definition) is 3. The molecule has 0 spiro atoms. The number of anilines is 1. The number of phenolic OH excluding ortho intramolecular Hbond substituents is 1. The van der Waals surface area contributed by atoms with E-state index in [1.54, 1.807) is 18.2 Å². The van der Waals surface area contributed by atoms with Crippen molar-refractivity contribution in [2.45, 2.75) is 25.8 Å². The monoisotopic (exact) mass is 220 g/mol. The topological polar surface area (TPSA) is 61.4 Å². The van der Waals surface area contributed by atoms with Gasteiger partial charge < -0.3 is 15.7 Å². The number of amides is 1. The molecule has 0 aromatic heterocycles. The second-order valence-corrected chi connectivity index (χ2v) is 4.14. The predicted molar refractivity (Wildman–Crippen MR) is 62.5 cm³/mol. The van der Waals surface area contributed by atoms with E-state index < -0.39 is 0 Å². The molecule has 0 aliphatic carbocycles. The lowest BCUT2D eigenvalue weighted by molar-refractivity contribution is -0.117. The highest BCUT2D eigenvalue weighted by Crippen LogP contribution is 2.20. The van der Waals surface area contributed by atoms with E-state index in [1.165, 1.54) is 0 Å². The fourth-order valence-electron chi connectivity index (χ4n) is 1.92. The van der Waals surface area contributed by atoms with E-state index in [0.717, 1.165) is 30.6 Å². The van der Waals surface area contributed by atoms with Crippen molar-refractivity contribution < 1.29 is 9.90 Å². The summed E-state index contributed by atoms with van der Waals surface area (Å²) in [5.74, 6) is 0.223. The van der Waals surface area contributed by atoms with Crippen molar-refractivity contribution in [3.05, 3.63) is 23.8 Å². The third-order valence-corrected chi connectivity index (χ3v) is 2.84. The number of benzene rings is 1. The van der Waals surface area contributed by atoms with Crippen LogP contribution in [0.2, 0.25) is 0 Å². The first kappa shape index (κ1) is 11.0. The highest BCUT2D eigenvalue weighted by Gasteiger charge is 2.22. The van der Waals surface area contributed by atoms with Gasteiger partial charge in [0.05, 0.1) is 6.04 Å². The summed E-state index contributed by atoms with van der Waals surface area (Å²) >= 11 is 0. The van der Waals surface area contributed by atoms with Crippen LogP contribution in [0.3, 0.4) is 0 Å². The molecule has 4 heteroatoms. The fourth-order valence-corrected chi connectivity index (χ4v) is 1.92. The van der Waals surface area contributed by atoms with Gasteiger partial charge in [-0.25, -0.2) is 0 Å². The van der Waals surface area contributed by atoms with Gasteiger partial charge in [0, 0.05) is 5.69 Å². The Labute approximate surface area is 94.7 Å². The van der Waals surface area contributed by atoms with Gasteiger partial charge in [0.15, 0.2) is 0 Å². The Bertz CT molecular complexity index is 398. The molecular weight excluding hydrogens is 204 g/mol. The molecule has 3 N–H and O–H groups in total. The van der Waals surface area contributed by atoms with Crippen LogP contribution in [0.5, 0.6) is 5.75 Å². The average molecular weight is 220 g/mol.